The van der Waals surface area contributed by atoms with Crippen molar-refractivity contribution in [3.63, 3.8) is 0 Å². The maximum Gasteiger partial charge on any atom is 0.348 e. The first kappa shape index (κ1) is 57.0. The predicted molar refractivity (Wildman–Crippen MR) is 241 cm³/mol. The molecule has 0 fully saturated rings. The van der Waals surface area contributed by atoms with Crippen LogP contribution in [0.5, 0.6) is 0 Å². The van der Waals surface area contributed by atoms with E-state index in [1.807, 2.05) is 0 Å². The number of rotatable bonds is 44. The third-order valence-electron chi connectivity index (χ3n) is 11.6. The van der Waals surface area contributed by atoms with Gasteiger partial charge >= 0.3 is 11.9 Å². The summed E-state index contributed by atoms with van der Waals surface area (Å²) in [4.78, 5) is 34.3. The van der Waals surface area contributed by atoms with Crippen LogP contribution in [0.25, 0.3) is 0 Å². The zero-order valence-corrected chi connectivity index (χ0v) is 38.9. The van der Waals surface area contributed by atoms with Gasteiger partial charge in [0.2, 0.25) is 0 Å². The van der Waals surface area contributed by atoms with Crippen molar-refractivity contribution in [1.82, 2.24) is 0 Å². The van der Waals surface area contributed by atoms with Gasteiger partial charge in [-0.3, -0.25) is 9.68 Å². The molecule has 336 valence electrons. The van der Waals surface area contributed by atoms with Crippen molar-refractivity contribution in [1.29, 1.82) is 0 Å². The molecule has 6 heteroatoms. The van der Waals surface area contributed by atoms with Crippen LogP contribution in [0, 0.1) is 5.41 Å². The predicted octanol–water partition coefficient (Wildman–Crippen LogP) is 16.5. The van der Waals surface area contributed by atoms with Crippen LogP contribution >= 0.6 is 0 Å². The Kier molecular flexibility index (Phi) is 49.1. The first-order valence-electron chi connectivity index (χ1n) is 25.0. The molecule has 0 atom stereocenters. The largest absolute Gasteiger partial charge is 0.463 e. The van der Waals surface area contributed by atoms with Crippen LogP contribution in [0.1, 0.15) is 279 Å². The molecule has 0 rings (SSSR count). The lowest BCUT2D eigenvalue weighted by Crippen LogP contribution is -2.32. The molecule has 0 saturated carbocycles. The van der Waals surface area contributed by atoms with E-state index in [0.29, 0.717) is 26.2 Å². The highest BCUT2D eigenvalue weighted by Crippen LogP contribution is 2.34. The van der Waals surface area contributed by atoms with Gasteiger partial charge in [-0.05, 0) is 38.5 Å². The fraction of sp³-hybridized carbons (Fsp3) is 0.960. The highest BCUT2D eigenvalue weighted by atomic mass is 17.2. The highest BCUT2D eigenvalue weighted by molar-refractivity contribution is 5.76. The number of carbonyl (C=O) groups excluding carboxylic acids is 2. The van der Waals surface area contributed by atoms with E-state index in [1.54, 1.807) is 0 Å². The average molecular weight is 797 g/mol. The molecule has 0 unspecified atom stereocenters. The van der Waals surface area contributed by atoms with E-state index in [1.165, 1.54) is 167 Å². The first-order chi connectivity index (χ1) is 27.5. The van der Waals surface area contributed by atoms with Gasteiger partial charge in [0.1, 0.15) is 6.61 Å². The summed E-state index contributed by atoms with van der Waals surface area (Å²) in [7, 11) is 0. The van der Waals surface area contributed by atoms with Crippen LogP contribution in [0.15, 0.2) is 0 Å². The molecule has 0 radical (unpaired) electrons. The molecule has 0 spiro atoms. The molecule has 0 bridgehead atoms. The van der Waals surface area contributed by atoms with Gasteiger partial charge in [-0.15, -0.1) is 0 Å². The highest BCUT2D eigenvalue weighted by Gasteiger charge is 2.36. The quantitative estimate of drug-likeness (QED) is 0.0265. The molecule has 0 saturated heterocycles. The number of carbonyl (C=O) groups is 2. The molecule has 6 nitrogen and oxygen atoms in total. The summed E-state index contributed by atoms with van der Waals surface area (Å²) < 4.78 is 10.6. The molecule has 0 amide bonds. The standard InChI is InChI=1S/C26H52O3.C24H48O3/c1-5-9-11-12-13-14-15-16-17-18-19-20-21-22-23-26(7-3,8-4)25(27)29-28-24-10-6-2;1-3-5-7-8-9-10-11-12-13-14-15-16-17-18-19-20-24(25)27-23-22-26-21-6-4-2/h5-24H2,1-4H3;3-23H2,1-2H3. The number of unbranched alkanes of at least 4 members (excludes halogenated alkanes) is 29. The lowest BCUT2D eigenvalue weighted by atomic mass is 9.78. The minimum Gasteiger partial charge on any atom is -0.463 e. The molecule has 56 heavy (non-hydrogen) atoms. The summed E-state index contributed by atoms with van der Waals surface area (Å²) in [6.07, 6.45) is 46.6. The molecule has 0 aliphatic heterocycles. The van der Waals surface area contributed by atoms with Gasteiger partial charge in [0, 0.05) is 13.0 Å². The molecule has 0 N–H and O–H groups in total. The van der Waals surface area contributed by atoms with E-state index < -0.39 is 0 Å². The van der Waals surface area contributed by atoms with E-state index >= 15 is 0 Å². The first-order valence-corrected chi connectivity index (χ1v) is 25.0. The molecule has 0 aliphatic carbocycles. The Morgan fingerprint density at radius 3 is 1.12 bits per heavy atom. The van der Waals surface area contributed by atoms with Crippen molar-refractivity contribution in [2.24, 2.45) is 5.41 Å². The Balaban J connectivity index is 0. The number of esters is 1. The van der Waals surface area contributed by atoms with Crippen LogP contribution in [0.2, 0.25) is 0 Å². The minimum absolute atomic E-state index is 0.0659. The molecule has 0 aromatic heterocycles. The van der Waals surface area contributed by atoms with Crippen molar-refractivity contribution < 1.29 is 28.8 Å². The van der Waals surface area contributed by atoms with Gasteiger partial charge in [0.25, 0.3) is 0 Å². The second-order valence-corrected chi connectivity index (χ2v) is 16.8. The Labute approximate surface area is 350 Å². The smallest absolute Gasteiger partial charge is 0.348 e. The average Bonchev–Trinajstić information content (AvgIpc) is 3.21. The minimum atomic E-state index is -0.358. The monoisotopic (exact) mass is 797 g/mol. The van der Waals surface area contributed by atoms with E-state index in [4.69, 9.17) is 19.2 Å². The van der Waals surface area contributed by atoms with Crippen molar-refractivity contribution >= 4 is 11.9 Å². The lowest BCUT2D eigenvalue weighted by Gasteiger charge is -2.28. The third kappa shape index (κ3) is 41.0. The Bertz CT molecular complexity index is 767. The van der Waals surface area contributed by atoms with E-state index in [0.717, 1.165) is 70.8 Å². The van der Waals surface area contributed by atoms with E-state index in [2.05, 4.69) is 41.5 Å². The van der Waals surface area contributed by atoms with Crippen molar-refractivity contribution in [3.8, 4) is 0 Å². The van der Waals surface area contributed by atoms with Gasteiger partial charge in [0.05, 0.1) is 18.6 Å². The second kappa shape index (κ2) is 48.2. The topological polar surface area (TPSA) is 71.1 Å². The molecule has 0 aliphatic rings. The van der Waals surface area contributed by atoms with Gasteiger partial charge < -0.3 is 9.47 Å². The Hall–Kier alpha value is -1.14. The number of hydrogen-bond acceptors (Lipinski definition) is 6. The zero-order chi connectivity index (χ0) is 41.5. The fourth-order valence-electron chi connectivity index (χ4n) is 7.31. The third-order valence-corrected chi connectivity index (χ3v) is 11.6. The summed E-state index contributed by atoms with van der Waals surface area (Å²) in [6.45, 7) is 15.2. The van der Waals surface area contributed by atoms with Crippen molar-refractivity contribution in [3.05, 3.63) is 0 Å². The molecule has 0 aromatic rings. The van der Waals surface area contributed by atoms with Gasteiger partial charge in [0.15, 0.2) is 0 Å². The van der Waals surface area contributed by atoms with E-state index in [9.17, 15) is 9.59 Å². The van der Waals surface area contributed by atoms with Crippen molar-refractivity contribution in [2.75, 3.05) is 26.4 Å². The van der Waals surface area contributed by atoms with Crippen LogP contribution in [-0.4, -0.2) is 38.4 Å². The number of ether oxygens (including phenoxy) is 2. The maximum atomic E-state index is 12.5. The summed E-state index contributed by atoms with van der Waals surface area (Å²) in [5.41, 5.74) is -0.358. The fourth-order valence-corrected chi connectivity index (χ4v) is 7.31. The lowest BCUT2D eigenvalue weighted by molar-refractivity contribution is -0.282. The van der Waals surface area contributed by atoms with Crippen LogP contribution in [-0.2, 0) is 28.8 Å². The summed E-state index contributed by atoms with van der Waals surface area (Å²) >= 11 is 0. The van der Waals surface area contributed by atoms with Gasteiger partial charge in [-0.25, -0.2) is 4.79 Å². The summed E-state index contributed by atoms with van der Waals surface area (Å²) in [5.74, 6) is -0.225. The van der Waals surface area contributed by atoms with Crippen molar-refractivity contribution in [2.45, 2.75) is 279 Å². The molecule has 0 heterocycles. The second-order valence-electron chi connectivity index (χ2n) is 16.8. The van der Waals surface area contributed by atoms with Gasteiger partial charge in [-0.1, -0.05) is 234 Å². The Morgan fingerprint density at radius 1 is 0.375 bits per heavy atom. The zero-order valence-electron chi connectivity index (χ0n) is 38.9. The van der Waals surface area contributed by atoms with Crippen LogP contribution in [0.3, 0.4) is 0 Å². The molecular weight excluding hydrogens is 697 g/mol. The van der Waals surface area contributed by atoms with Crippen LogP contribution < -0.4 is 0 Å². The normalized spacial score (nSPS) is 11.4. The van der Waals surface area contributed by atoms with Gasteiger partial charge in [-0.2, -0.15) is 4.89 Å². The molecule has 0 aromatic carbocycles. The van der Waals surface area contributed by atoms with E-state index in [-0.39, 0.29) is 17.4 Å². The van der Waals surface area contributed by atoms with Crippen LogP contribution in [0.4, 0.5) is 0 Å². The number of hydrogen-bond donors (Lipinski definition) is 0. The Morgan fingerprint density at radius 2 is 0.732 bits per heavy atom. The summed E-state index contributed by atoms with van der Waals surface area (Å²) in [5, 5.41) is 0. The maximum absolute atomic E-state index is 12.5. The molecular formula is C50H100O6. The SMILES string of the molecule is CCCCCCCCCCCCCCCCC(CC)(CC)C(=O)OOCCCC.CCCCCCCCCCCCCCCCCC(=O)OCCOCCCC. The summed E-state index contributed by atoms with van der Waals surface area (Å²) in [6, 6.07) is 0.